The summed E-state index contributed by atoms with van der Waals surface area (Å²) < 4.78 is 12.8. The van der Waals surface area contributed by atoms with Gasteiger partial charge in [0.1, 0.15) is 0 Å². The molecular formula is C17H29NO2S. The number of rotatable bonds is 7. The molecule has 0 bridgehead atoms. The molecule has 1 rings (SSSR count). The molecule has 0 amide bonds. The minimum atomic E-state index is -1.20. The standard InChI is InChI=1S/C17H29NO2S/c1-7-17(19,13(2)3)12-21(20)16-11-9-8-10-15(16)14(4)18(5)6/h8-11,13-14,19H,7,12H2,1-6H3/t14?,17-,21?/m1/s1. The third kappa shape index (κ3) is 4.38. The Morgan fingerprint density at radius 3 is 2.29 bits per heavy atom. The first-order valence-corrected chi connectivity index (χ1v) is 8.91. The van der Waals surface area contributed by atoms with Crippen molar-refractivity contribution in [2.45, 2.75) is 50.7 Å². The minimum Gasteiger partial charge on any atom is -0.389 e. The predicted molar refractivity (Wildman–Crippen MR) is 89.9 cm³/mol. The van der Waals surface area contributed by atoms with Gasteiger partial charge >= 0.3 is 0 Å². The monoisotopic (exact) mass is 311 g/mol. The van der Waals surface area contributed by atoms with Crippen LogP contribution in [0.1, 0.15) is 45.7 Å². The molecule has 120 valence electrons. The second-order valence-electron chi connectivity index (χ2n) is 6.28. The SMILES string of the molecule is CC[C@@](O)(CS(=O)c1ccccc1C(C)N(C)C)C(C)C. The van der Waals surface area contributed by atoms with E-state index in [1.807, 2.05) is 59.1 Å². The fraction of sp³-hybridized carbons (Fsp3) is 0.647. The molecule has 4 heteroatoms. The van der Waals surface area contributed by atoms with Gasteiger partial charge in [0.05, 0.1) is 22.2 Å². The predicted octanol–water partition coefficient (Wildman–Crippen LogP) is 3.21. The summed E-state index contributed by atoms with van der Waals surface area (Å²) in [6.45, 7) is 8.01. The summed E-state index contributed by atoms with van der Waals surface area (Å²) >= 11 is 0. The van der Waals surface area contributed by atoms with Gasteiger partial charge < -0.3 is 10.0 Å². The van der Waals surface area contributed by atoms with Crippen molar-refractivity contribution in [3.05, 3.63) is 29.8 Å². The largest absolute Gasteiger partial charge is 0.389 e. The van der Waals surface area contributed by atoms with Gasteiger partial charge in [-0.15, -0.1) is 0 Å². The Balaban J connectivity index is 3.09. The number of hydrogen-bond acceptors (Lipinski definition) is 3. The van der Waals surface area contributed by atoms with Crippen LogP contribution in [-0.4, -0.2) is 39.7 Å². The summed E-state index contributed by atoms with van der Waals surface area (Å²) in [5.41, 5.74) is 0.197. The fourth-order valence-corrected chi connectivity index (χ4v) is 4.17. The number of benzene rings is 1. The Kier molecular flexibility index (Phi) is 6.57. The maximum Gasteiger partial charge on any atom is 0.0786 e. The minimum absolute atomic E-state index is 0.0879. The van der Waals surface area contributed by atoms with Crippen LogP contribution in [0, 0.1) is 5.92 Å². The van der Waals surface area contributed by atoms with Crippen LogP contribution in [0.4, 0.5) is 0 Å². The zero-order valence-electron chi connectivity index (χ0n) is 14.1. The molecule has 1 N–H and O–H groups in total. The molecule has 0 heterocycles. The van der Waals surface area contributed by atoms with Gasteiger partial charge in [-0.25, -0.2) is 0 Å². The van der Waals surface area contributed by atoms with E-state index >= 15 is 0 Å². The van der Waals surface area contributed by atoms with E-state index in [1.54, 1.807) is 0 Å². The van der Waals surface area contributed by atoms with Gasteiger partial charge in [0, 0.05) is 10.9 Å². The molecule has 1 aromatic rings. The second-order valence-corrected chi connectivity index (χ2v) is 7.70. The first-order valence-electron chi connectivity index (χ1n) is 7.59. The van der Waals surface area contributed by atoms with Crippen molar-refractivity contribution in [1.29, 1.82) is 0 Å². The van der Waals surface area contributed by atoms with Gasteiger partial charge in [-0.2, -0.15) is 0 Å². The van der Waals surface area contributed by atoms with Crippen molar-refractivity contribution in [2.24, 2.45) is 5.92 Å². The maximum absolute atomic E-state index is 12.8. The topological polar surface area (TPSA) is 40.5 Å². The van der Waals surface area contributed by atoms with Crippen molar-refractivity contribution in [2.75, 3.05) is 19.8 Å². The lowest BCUT2D eigenvalue weighted by atomic mass is 9.90. The second kappa shape index (κ2) is 7.52. The Hall–Kier alpha value is -0.710. The molecular weight excluding hydrogens is 282 g/mol. The lowest BCUT2D eigenvalue weighted by Crippen LogP contribution is -2.40. The molecule has 3 nitrogen and oxygen atoms in total. The summed E-state index contributed by atoms with van der Waals surface area (Å²) in [6.07, 6.45) is 0.613. The summed E-state index contributed by atoms with van der Waals surface area (Å²) in [5.74, 6) is 0.378. The lowest BCUT2D eigenvalue weighted by Gasteiger charge is -2.31. The van der Waals surface area contributed by atoms with Crippen molar-refractivity contribution in [1.82, 2.24) is 4.90 Å². The van der Waals surface area contributed by atoms with Crippen LogP contribution in [0.5, 0.6) is 0 Å². The summed E-state index contributed by atoms with van der Waals surface area (Å²) in [7, 11) is 2.83. The highest BCUT2D eigenvalue weighted by atomic mass is 32.2. The summed E-state index contributed by atoms with van der Waals surface area (Å²) in [4.78, 5) is 2.94. The van der Waals surface area contributed by atoms with E-state index in [0.717, 1.165) is 10.5 Å². The molecule has 0 fully saturated rings. The van der Waals surface area contributed by atoms with Crippen LogP contribution in [0.3, 0.4) is 0 Å². The zero-order valence-corrected chi connectivity index (χ0v) is 14.9. The van der Waals surface area contributed by atoms with Crippen molar-refractivity contribution >= 4 is 10.8 Å². The summed E-state index contributed by atoms with van der Waals surface area (Å²) in [6, 6.07) is 8.03. The number of nitrogens with zero attached hydrogens (tertiary/aromatic N) is 1. The van der Waals surface area contributed by atoms with E-state index in [4.69, 9.17) is 0 Å². The normalized spacial score (nSPS) is 17.8. The van der Waals surface area contributed by atoms with Gasteiger partial charge in [-0.05, 0) is 45.0 Å². The molecule has 3 atom stereocenters. The van der Waals surface area contributed by atoms with Gasteiger partial charge in [-0.1, -0.05) is 39.0 Å². The third-order valence-electron chi connectivity index (χ3n) is 4.46. The van der Waals surface area contributed by atoms with Gasteiger partial charge in [0.25, 0.3) is 0 Å². The molecule has 0 aromatic heterocycles. The van der Waals surface area contributed by atoms with E-state index < -0.39 is 16.4 Å². The van der Waals surface area contributed by atoms with Crippen LogP contribution in [-0.2, 0) is 10.8 Å². The first-order chi connectivity index (χ1) is 9.73. The molecule has 0 radical (unpaired) electrons. The highest BCUT2D eigenvalue weighted by Gasteiger charge is 2.32. The van der Waals surface area contributed by atoms with Gasteiger partial charge in [0.2, 0.25) is 0 Å². The average Bonchev–Trinajstić information content (AvgIpc) is 2.45. The number of aliphatic hydroxyl groups is 1. The van der Waals surface area contributed by atoms with E-state index in [0.29, 0.717) is 12.2 Å². The zero-order chi connectivity index (χ0) is 16.2. The molecule has 21 heavy (non-hydrogen) atoms. The molecule has 0 saturated heterocycles. The maximum atomic E-state index is 12.8. The number of hydrogen-bond donors (Lipinski definition) is 1. The molecule has 0 aliphatic carbocycles. The third-order valence-corrected chi connectivity index (χ3v) is 6.08. The van der Waals surface area contributed by atoms with Gasteiger partial charge in [-0.3, -0.25) is 4.21 Å². The molecule has 0 spiro atoms. The van der Waals surface area contributed by atoms with Crippen LogP contribution < -0.4 is 0 Å². The highest BCUT2D eigenvalue weighted by molar-refractivity contribution is 7.85. The first kappa shape index (κ1) is 18.3. The van der Waals surface area contributed by atoms with Crippen LogP contribution in [0.25, 0.3) is 0 Å². The summed E-state index contributed by atoms with van der Waals surface area (Å²) in [5, 5.41) is 10.7. The molecule has 0 aliphatic rings. The van der Waals surface area contributed by atoms with E-state index in [2.05, 4.69) is 11.8 Å². The van der Waals surface area contributed by atoms with Crippen molar-refractivity contribution in [3.8, 4) is 0 Å². The van der Waals surface area contributed by atoms with Crippen LogP contribution in [0.2, 0.25) is 0 Å². The van der Waals surface area contributed by atoms with Crippen molar-refractivity contribution < 1.29 is 9.32 Å². The van der Waals surface area contributed by atoms with E-state index in [1.165, 1.54) is 0 Å². The quantitative estimate of drug-likeness (QED) is 0.840. The Morgan fingerprint density at radius 2 is 1.81 bits per heavy atom. The molecule has 2 unspecified atom stereocenters. The van der Waals surface area contributed by atoms with E-state index in [9.17, 15) is 9.32 Å². The lowest BCUT2D eigenvalue weighted by molar-refractivity contribution is 0.0140. The van der Waals surface area contributed by atoms with Crippen molar-refractivity contribution in [3.63, 3.8) is 0 Å². The highest BCUT2D eigenvalue weighted by Crippen LogP contribution is 2.28. The Bertz CT molecular complexity index is 487. The molecule has 1 aromatic carbocycles. The smallest absolute Gasteiger partial charge is 0.0786 e. The van der Waals surface area contributed by atoms with Crippen LogP contribution >= 0.6 is 0 Å². The van der Waals surface area contributed by atoms with E-state index in [-0.39, 0.29) is 12.0 Å². The Labute approximate surface area is 131 Å². The molecule has 0 saturated carbocycles. The van der Waals surface area contributed by atoms with Crippen LogP contribution in [0.15, 0.2) is 29.2 Å². The fourth-order valence-electron chi connectivity index (χ4n) is 2.29. The molecule has 0 aliphatic heterocycles. The average molecular weight is 311 g/mol. The Morgan fingerprint density at radius 1 is 1.24 bits per heavy atom. The van der Waals surface area contributed by atoms with Gasteiger partial charge in [0.15, 0.2) is 0 Å².